The summed E-state index contributed by atoms with van der Waals surface area (Å²) < 4.78 is 1.41. The summed E-state index contributed by atoms with van der Waals surface area (Å²) in [6.45, 7) is 3.16. The van der Waals surface area contributed by atoms with E-state index in [4.69, 9.17) is 11.5 Å². The maximum absolute atomic E-state index is 12.8. The van der Waals surface area contributed by atoms with Crippen molar-refractivity contribution in [2.24, 2.45) is 17.4 Å². The molecule has 2 unspecified atom stereocenters. The fraction of sp³-hybridized carbons (Fsp3) is 0.353. The zero-order chi connectivity index (χ0) is 17.3. The molecular weight excluding hydrogens is 342 g/mol. The number of nitrogens with two attached hydrogens (primary N) is 2. The first kappa shape index (κ1) is 19.0. The van der Waals surface area contributed by atoms with Crippen molar-refractivity contribution in [2.45, 2.75) is 19.4 Å². The lowest BCUT2D eigenvalue weighted by atomic mass is 10.1. The lowest BCUT2D eigenvalue weighted by Gasteiger charge is -2.20. The molecule has 8 heteroatoms. The molecule has 2 heterocycles. The smallest absolute Gasteiger partial charge is 0.274 e. The largest absolute Gasteiger partial charge is 0.364 e. The van der Waals surface area contributed by atoms with Crippen LogP contribution in [0.5, 0.6) is 0 Å². The van der Waals surface area contributed by atoms with E-state index in [0.29, 0.717) is 24.7 Å². The van der Waals surface area contributed by atoms with Crippen molar-refractivity contribution in [3.63, 3.8) is 0 Å². The van der Waals surface area contributed by atoms with Gasteiger partial charge in [0.25, 0.3) is 11.8 Å². The van der Waals surface area contributed by atoms with Crippen molar-refractivity contribution in [1.82, 2.24) is 14.7 Å². The van der Waals surface area contributed by atoms with Gasteiger partial charge in [0.2, 0.25) is 0 Å². The monoisotopic (exact) mass is 363 g/mol. The summed E-state index contributed by atoms with van der Waals surface area (Å²) >= 11 is 0. The van der Waals surface area contributed by atoms with Crippen LogP contribution in [0.25, 0.3) is 5.69 Å². The van der Waals surface area contributed by atoms with Crippen molar-refractivity contribution in [3.05, 3.63) is 47.8 Å². The summed E-state index contributed by atoms with van der Waals surface area (Å²) in [7, 11) is 0. The Balaban J connectivity index is 0.00000225. The minimum Gasteiger partial charge on any atom is -0.364 e. The highest BCUT2D eigenvalue weighted by Crippen LogP contribution is 2.24. The Morgan fingerprint density at radius 2 is 1.96 bits per heavy atom. The van der Waals surface area contributed by atoms with Crippen LogP contribution in [-0.2, 0) is 0 Å². The molecular formula is C17H22ClN5O2. The summed E-state index contributed by atoms with van der Waals surface area (Å²) in [5, 5.41) is 4.32. The van der Waals surface area contributed by atoms with Gasteiger partial charge in [-0.25, -0.2) is 4.68 Å². The van der Waals surface area contributed by atoms with Crippen LogP contribution in [0.15, 0.2) is 36.4 Å². The van der Waals surface area contributed by atoms with E-state index in [1.165, 1.54) is 10.7 Å². The van der Waals surface area contributed by atoms with Crippen LogP contribution in [-0.4, -0.2) is 45.6 Å². The molecule has 1 aromatic carbocycles. The van der Waals surface area contributed by atoms with Crippen LogP contribution < -0.4 is 11.5 Å². The summed E-state index contributed by atoms with van der Waals surface area (Å²) in [6, 6.07) is 10.7. The first-order chi connectivity index (χ1) is 11.5. The Hall–Kier alpha value is -2.38. The molecule has 134 valence electrons. The molecule has 1 saturated heterocycles. The molecule has 0 radical (unpaired) electrons. The number of carbonyl (C=O) groups excluding carboxylic acids is 2. The number of aromatic nitrogens is 2. The van der Waals surface area contributed by atoms with Gasteiger partial charge in [-0.05, 0) is 37.9 Å². The Morgan fingerprint density at radius 1 is 1.28 bits per heavy atom. The van der Waals surface area contributed by atoms with Crippen LogP contribution in [0.2, 0.25) is 0 Å². The lowest BCUT2D eigenvalue weighted by Crippen LogP contribution is -2.34. The highest BCUT2D eigenvalue weighted by molar-refractivity contribution is 5.98. The minimum atomic E-state index is -0.625. The SMILES string of the molecule is CC1CC(CN)CN1C(=O)c1cc(C(N)=O)n(-c2ccccc2)n1.Cl. The number of carbonyl (C=O) groups is 2. The summed E-state index contributed by atoms with van der Waals surface area (Å²) in [5.41, 5.74) is 12.3. The molecule has 2 amide bonds. The van der Waals surface area contributed by atoms with Crippen molar-refractivity contribution >= 4 is 24.2 Å². The molecule has 4 N–H and O–H groups in total. The topological polar surface area (TPSA) is 107 Å². The molecule has 2 aromatic rings. The van der Waals surface area contributed by atoms with Gasteiger partial charge >= 0.3 is 0 Å². The van der Waals surface area contributed by atoms with E-state index in [1.54, 1.807) is 17.0 Å². The van der Waals surface area contributed by atoms with Gasteiger partial charge in [-0.15, -0.1) is 12.4 Å². The molecule has 0 saturated carbocycles. The molecule has 2 atom stereocenters. The van der Waals surface area contributed by atoms with Gasteiger partial charge in [-0.2, -0.15) is 5.10 Å². The molecule has 0 spiro atoms. The number of para-hydroxylation sites is 1. The number of hydrogen-bond acceptors (Lipinski definition) is 4. The highest BCUT2D eigenvalue weighted by Gasteiger charge is 2.33. The first-order valence-corrected chi connectivity index (χ1v) is 7.97. The van der Waals surface area contributed by atoms with Crippen molar-refractivity contribution in [2.75, 3.05) is 13.1 Å². The zero-order valence-corrected chi connectivity index (χ0v) is 14.8. The van der Waals surface area contributed by atoms with Crippen molar-refractivity contribution < 1.29 is 9.59 Å². The fourth-order valence-electron chi connectivity index (χ4n) is 3.17. The Bertz CT molecular complexity index is 762. The van der Waals surface area contributed by atoms with Crippen molar-refractivity contribution in [1.29, 1.82) is 0 Å². The average molecular weight is 364 g/mol. The number of halogens is 1. The quantitative estimate of drug-likeness (QED) is 0.850. The molecule has 25 heavy (non-hydrogen) atoms. The third-order valence-electron chi connectivity index (χ3n) is 4.44. The first-order valence-electron chi connectivity index (χ1n) is 7.97. The fourth-order valence-corrected chi connectivity index (χ4v) is 3.17. The summed E-state index contributed by atoms with van der Waals surface area (Å²) in [4.78, 5) is 26.3. The Kier molecular flexibility index (Phi) is 5.81. The van der Waals surface area contributed by atoms with E-state index in [-0.39, 0.29) is 35.7 Å². The third-order valence-corrected chi connectivity index (χ3v) is 4.44. The van der Waals surface area contributed by atoms with Crippen LogP contribution in [0, 0.1) is 5.92 Å². The number of hydrogen-bond donors (Lipinski definition) is 2. The second-order valence-electron chi connectivity index (χ2n) is 6.17. The van der Waals surface area contributed by atoms with E-state index in [2.05, 4.69) is 5.10 Å². The molecule has 1 aromatic heterocycles. The second kappa shape index (κ2) is 7.67. The predicted octanol–water partition coefficient (Wildman–Crippen LogP) is 1.20. The Labute approximate surface area is 152 Å². The van der Waals surface area contributed by atoms with Gasteiger partial charge in [-0.3, -0.25) is 9.59 Å². The van der Waals surface area contributed by atoms with E-state index in [1.807, 2.05) is 25.1 Å². The standard InChI is InChI=1S/C17H21N5O2.ClH/c1-11-7-12(9-18)10-21(11)17(24)14-8-15(16(19)23)22(20-14)13-5-3-2-4-6-13;/h2-6,8,11-12H,7,9-10,18H2,1H3,(H2,19,23);1H. The molecule has 0 aliphatic carbocycles. The number of nitrogens with zero attached hydrogens (tertiary/aromatic N) is 3. The van der Waals surface area contributed by atoms with Crippen LogP contribution in [0.3, 0.4) is 0 Å². The summed E-state index contributed by atoms with van der Waals surface area (Å²) in [6.07, 6.45) is 0.879. The van der Waals surface area contributed by atoms with E-state index < -0.39 is 5.91 Å². The number of primary amides is 1. The molecule has 1 fully saturated rings. The number of likely N-dealkylation sites (tertiary alicyclic amines) is 1. The molecule has 1 aliphatic heterocycles. The van der Waals surface area contributed by atoms with Gasteiger partial charge in [0, 0.05) is 18.7 Å². The minimum absolute atomic E-state index is 0. The number of rotatable bonds is 4. The maximum Gasteiger partial charge on any atom is 0.274 e. The van der Waals surface area contributed by atoms with E-state index in [9.17, 15) is 9.59 Å². The zero-order valence-electron chi connectivity index (χ0n) is 14.0. The molecule has 3 rings (SSSR count). The molecule has 7 nitrogen and oxygen atoms in total. The third kappa shape index (κ3) is 3.67. The van der Waals surface area contributed by atoms with Crippen molar-refractivity contribution in [3.8, 4) is 5.69 Å². The molecule has 0 bridgehead atoms. The van der Waals surface area contributed by atoms with Crippen LogP contribution in [0.1, 0.15) is 34.3 Å². The average Bonchev–Trinajstić information content (AvgIpc) is 3.19. The maximum atomic E-state index is 12.8. The van der Waals surface area contributed by atoms with E-state index >= 15 is 0 Å². The van der Waals surface area contributed by atoms with Gasteiger partial charge in [-0.1, -0.05) is 18.2 Å². The van der Waals surface area contributed by atoms with Gasteiger partial charge in [0.15, 0.2) is 5.69 Å². The number of benzene rings is 1. The lowest BCUT2D eigenvalue weighted by molar-refractivity contribution is 0.0737. The van der Waals surface area contributed by atoms with Gasteiger partial charge < -0.3 is 16.4 Å². The molecule has 1 aliphatic rings. The highest BCUT2D eigenvalue weighted by atomic mass is 35.5. The predicted molar refractivity (Wildman–Crippen MR) is 97.0 cm³/mol. The Morgan fingerprint density at radius 3 is 2.52 bits per heavy atom. The normalized spacial score (nSPS) is 19.5. The number of amides is 2. The van der Waals surface area contributed by atoms with Crippen LogP contribution in [0.4, 0.5) is 0 Å². The van der Waals surface area contributed by atoms with Gasteiger partial charge in [0.1, 0.15) is 5.69 Å². The second-order valence-corrected chi connectivity index (χ2v) is 6.17. The van der Waals surface area contributed by atoms with Crippen LogP contribution >= 0.6 is 12.4 Å². The summed E-state index contributed by atoms with van der Waals surface area (Å²) in [5.74, 6) is -0.522. The van der Waals surface area contributed by atoms with E-state index in [0.717, 1.165) is 6.42 Å². The van der Waals surface area contributed by atoms with Gasteiger partial charge in [0.05, 0.1) is 5.69 Å².